The minimum absolute atomic E-state index is 0.0602. The van der Waals surface area contributed by atoms with Crippen molar-refractivity contribution in [3.8, 4) is 0 Å². The normalized spacial score (nSPS) is 13.1. The van der Waals surface area contributed by atoms with E-state index in [1.807, 2.05) is 32.9 Å². The molecule has 1 unspecified atom stereocenters. The highest BCUT2D eigenvalue weighted by Gasteiger charge is 2.28. The summed E-state index contributed by atoms with van der Waals surface area (Å²) in [6.45, 7) is 7.38. The fourth-order valence-corrected chi connectivity index (χ4v) is 2.74. The van der Waals surface area contributed by atoms with Crippen molar-refractivity contribution in [2.75, 3.05) is 0 Å². The van der Waals surface area contributed by atoms with Gasteiger partial charge in [-0.2, -0.15) is 0 Å². The van der Waals surface area contributed by atoms with Gasteiger partial charge in [0.05, 0.1) is 5.92 Å². The molecule has 0 aliphatic heterocycles. The van der Waals surface area contributed by atoms with Crippen LogP contribution < -0.4 is 0 Å². The molecule has 0 amide bonds. The molecule has 104 valence electrons. The molecule has 0 aliphatic carbocycles. The highest BCUT2D eigenvalue weighted by Crippen LogP contribution is 2.29. The van der Waals surface area contributed by atoms with E-state index in [-0.39, 0.29) is 15.6 Å². The second kappa shape index (κ2) is 6.58. The van der Waals surface area contributed by atoms with E-state index in [0.717, 1.165) is 5.56 Å². The molecule has 1 aromatic rings. The quantitative estimate of drug-likeness (QED) is 0.783. The lowest BCUT2D eigenvalue weighted by Gasteiger charge is -2.20. The maximum absolute atomic E-state index is 12.2. The molecule has 0 N–H and O–H groups in total. The van der Waals surface area contributed by atoms with Gasteiger partial charge in [0, 0.05) is 9.77 Å². The van der Waals surface area contributed by atoms with Crippen molar-refractivity contribution in [3.05, 3.63) is 34.9 Å². The Morgan fingerprint density at radius 1 is 1.21 bits per heavy atom. The summed E-state index contributed by atoms with van der Waals surface area (Å²) in [5, 5.41) is 0.591. The molecule has 19 heavy (non-hydrogen) atoms. The van der Waals surface area contributed by atoms with Gasteiger partial charge in [-0.3, -0.25) is 9.59 Å². The lowest BCUT2D eigenvalue weighted by molar-refractivity contribution is -0.127. The van der Waals surface area contributed by atoms with Gasteiger partial charge in [-0.15, -0.1) is 0 Å². The first-order valence-electron chi connectivity index (χ1n) is 6.17. The lowest BCUT2D eigenvalue weighted by atomic mass is 9.97. The van der Waals surface area contributed by atoms with Crippen molar-refractivity contribution in [1.29, 1.82) is 0 Å². The number of rotatable bonds is 4. The largest absolute Gasteiger partial charge is 0.299 e. The average Bonchev–Trinajstić information content (AvgIpc) is 2.25. The Morgan fingerprint density at radius 3 is 2.16 bits per heavy atom. The van der Waals surface area contributed by atoms with Gasteiger partial charge in [0.1, 0.15) is 5.78 Å². The van der Waals surface area contributed by atoms with E-state index in [9.17, 15) is 9.59 Å². The highest BCUT2D eigenvalue weighted by molar-refractivity contribution is 8.14. The Labute approximate surface area is 123 Å². The molecule has 0 aromatic heterocycles. The third-order valence-electron chi connectivity index (χ3n) is 2.54. The summed E-state index contributed by atoms with van der Waals surface area (Å²) in [7, 11) is 0. The van der Waals surface area contributed by atoms with Gasteiger partial charge in [0.25, 0.3) is 0 Å². The molecule has 0 spiro atoms. The van der Waals surface area contributed by atoms with Crippen LogP contribution in [0.4, 0.5) is 0 Å². The van der Waals surface area contributed by atoms with Crippen LogP contribution in [0.2, 0.25) is 5.02 Å². The fourth-order valence-electron chi connectivity index (χ4n) is 1.62. The number of hydrogen-bond acceptors (Lipinski definition) is 3. The first-order valence-corrected chi connectivity index (χ1v) is 7.36. The summed E-state index contributed by atoms with van der Waals surface area (Å²) < 4.78 is -0.176. The van der Waals surface area contributed by atoms with E-state index in [2.05, 4.69) is 0 Å². The molecular weight excluding hydrogens is 280 g/mol. The van der Waals surface area contributed by atoms with Gasteiger partial charge in [-0.05, 0) is 31.0 Å². The van der Waals surface area contributed by atoms with E-state index >= 15 is 0 Å². The van der Waals surface area contributed by atoms with E-state index < -0.39 is 5.92 Å². The molecule has 0 fully saturated rings. The Kier molecular flexibility index (Phi) is 5.63. The Hall–Kier alpha value is -0.800. The van der Waals surface area contributed by atoms with Gasteiger partial charge in [-0.1, -0.05) is 56.3 Å². The number of thioether (sulfide) groups is 1. The van der Waals surface area contributed by atoms with Gasteiger partial charge < -0.3 is 0 Å². The first-order chi connectivity index (χ1) is 8.69. The standard InChI is InChI=1S/C15H19ClO2S/c1-10(17)13(14(18)19-15(2,3)4)9-11-5-7-12(16)8-6-11/h5-8,13H,9H2,1-4H3. The molecule has 0 saturated carbocycles. The van der Waals surface area contributed by atoms with Crippen LogP contribution in [-0.4, -0.2) is 15.6 Å². The number of carbonyl (C=O) groups is 2. The number of benzene rings is 1. The maximum atomic E-state index is 12.2. The molecule has 2 nitrogen and oxygen atoms in total. The zero-order valence-electron chi connectivity index (χ0n) is 11.7. The molecule has 0 heterocycles. The topological polar surface area (TPSA) is 34.1 Å². The van der Waals surface area contributed by atoms with Crippen LogP contribution in [0.5, 0.6) is 0 Å². The third kappa shape index (κ3) is 5.79. The number of Topliss-reactive ketones (excluding diaryl/α,β-unsaturated/α-hetero) is 1. The Morgan fingerprint density at radius 2 is 1.74 bits per heavy atom. The molecule has 1 rings (SSSR count). The van der Waals surface area contributed by atoms with Crippen LogP contribution in [-0.2, 0) is 16.0 Å². The van der Waals surface area contributed by atoms with Crippen LogP contribution >= 0.6 is 23.4 Å². The zero-order valence-corrected chi connectivity index (χ0v) is 13.3. The molecular formula is C15H19ClO2S. The van der Waals surface area contributed by atoms with Crippen LogP contribution in [0.15, 0.2) is 24.3 Å². The summed E-state index contributed by atoms with van der Waals surface area (Å²) in [6.07, 6.45) is 0.439. The number of halogens is 1. The van der Waals surface area contributed by atoms with Crippen molar-refractivity contribution < 1.29 is 9.59 Å². The summed E-state index contributed by atoms with van der Waals surface area (Å²) in [5.41, 5.74) is 0.951. The summed E-state index contributed by atoms with van der Waals surface area (Å²) >= 11 is 7.05. The molecule has 1 atom stereocenters. The van der Waals surface area contributed by atoms with Crippen molar-refractivity contribution in [2.45, 2.75) is 38.9 Å². The van der Waals surface area contributed by atoms with Gasteiger partial charge in [-0.25, -0.2) is 0 Å². The minimum Gasteiger partial charge on any atom is -0.299 e. The highest BCUT2D eigenvalue weighted by atomic mass is 35.5. The molecule has 0 aliphatic rings. The minimum atomic E-state index is -0.578. The predicted octanol–water partition coefficient (Wildman–Crippen LogP) is 4.15. The van der Waals surface area contributed by atoms with Crippen molar-refractivity contribution in [2.24, 2.45) is 5.92 Å². The molecule has 4 heteroatoms. The number of carbonyl (C=O) groups excluding carboxylic acids is 2. The third-order valence-corrected chi connectivity index (χ3v) is 3.89. The fraction of sp³-hybridized carbons (Fsp3) is 0.467. The van der Waals surface area contributed by atoms with Crippen LogP contribution in [0.1, 0.15) is 33.3 Å². The smallest absolute Gasteiger partial charge is 0.200 e. The summed E-state index contributed by atoms with van der Waals surface area (Å²) in [5.74, 6) is -0.665. The monoisotopic (exact) mass is 298 g/mol. The van der Waals surface area contributed by atoms with Crippen LogP contribution in [0.25, 0.3) is 0 Å². The second-order valence-electron chi connectivity index (χ2n) is 5.53. The summed E-state index contributed by atoms with van der Waals surface area (Å²) in [4.78, 5) is 23.9. The first kappa shape index (κ1) is 16.3. The van der Waals surface area contributed by atoms with Gasteiger partial charge >= 0.3 is 0 Å². The number of hydrogen-bond donors (Lipinski definition) is 0. The average molecular weight is 299 g/mol. The molecule has 0 radical (unpaired) electrons. The lowest BCUT2D eigenvalue weighted by Crippen LogP contribution is -2.25. The number of ketones is 1. The second-order valence-corrected chi connectivity index (χ2v) is 7.79. The predicted molar refractivity (Wildman–Crippen MR) is 81.7 cm³/mol. The van der Waals surface area contributed by atoms with E-state index in [4.69, 9.17) is 11.6 Å². The van der Waals surface area contributed by atoms with E-state index in [1.165, 1.54) is 18.7 Å². The Balaban J connectivity index is 2.81. The van der Waals surface area contributed by atoms with E-state index in [1.54, 1.807) is 12.1 Å². The van der Waals surface area contributed by atoms with Crippen molar-refractivity contribution in [3.63, 3.8) is 0 Å². The van der Waals surface area contributed by atoms with Crippen LogP contribution in [0, 0.1) is 5.92 Å². The SMILES string of the molecule is CC(=O)C(Cc1ccc(Cl)cc1)C(=O)SC(C)(C)C. The van der Waals surface area contributed by atoms with Crippen LogP contribution in [0.3, 0.4) is 0 Å². The van der Waals surface area contributed by atoms with Crippen molar-refractivity contribution >= 4 is 34.3 Å². The van der Waals surface area contributed by atoms with Crippen molar-refractivity contribution in [1.82, 2.24) is 0 Å². The Bertz CT molecular complexity index is 460. The maximum Gasteiger partial charge on any atom is 0.200 e. The molecule has 1 aromatic carbocycles. The summed E-state index contributed by atoms with van der Waals surface area (Å²) in [6, 6.07) is 7.26. The molecule has 0 bridgehead atoms. The molecule has 0 saturated heterocycles. The van der Waals surface area contributed by atoms with Gasteiger partial charge in [0.15, 0.2) is 5.12 Å². The zero-order chi connectivity index (χ0) is 14.6. The van der Waals surface area contributed by atoms with Gasteiger partial charge in [0.2, 0.25) is 0 Å². The van der Waals surface area contributed by atoms with E-state index in [0.29, 0.717) is 11.4 Å².